The zero-order valence-corrected chi connectivity index (χ0v) is 11.1. The van der Waals surface area contributed by atoms with E-state index in [0.29, 0.717) is 5.69 Å². The molecule has 0 aliphatic rings. The standard InChI is InChI=1S/C14H14BrNO/c1-9-3-2-4-10(7-9)14(17)12-8-11(15)5-6-13(12)16/h2-8,14,17H,16H2,1H3. The monoisotopic (exact) mass is 291 g/mol. The van der Waals surface area contributed by atoms with Crippen LogP contribution in [0.25, 0.3) is 0 Å². The molecule has 2 nitrogen and oxygen atoms in total. The zero-order chi connectivity index (χ0) is 12.4. The molecule has 0 heterocycles. The van der Waals surface area contributed by atoms with Gasteiger partial charge in [-0.3, -0.25) is 0 Å². The smallest absolute Gasteiger partial charge is 0.106 e. The van der Waals surface area contributed by atoms with Gasteiger partial charge >= 0.3 is 0 Å². The lowest BCUT2D eigenvalue weighted by atomic mass is 9.99. The molecule has 0 aliphatic carbocycles. The van der Waals surface area contributed by atoms with E-state index < -0.39 is 6.10 Å². The number of hydrogen-bond acceptors (Lipinski definition) is 2. The number of aliphatic hydroxyl groups is 1. The topological polar surface area (TPSA) is 46.2 Å². The summed E-state index contributed by atoms with van der Waals surface area (Å²) in [7, 11) is 0. The van der Waals surface area contributed by atoms with Crippen molar-refractivity contribution in [2.24, 2.45) is 0 Å². The molecule has 2 rings (SSSR count). The highest BCUT2D eigenvalue weighted by molar-refractivity contribution is 9.10. The van der Waals surface area contributed by atoms with Crippen molar-refractivity contribution in [2.75, 3.05) is 5.73 Å². The molecule has 2 aromatic rings. The SMILES string of the molecule is Cc1cccc(C(O)c2cc(Br)ccc2N)c1. The average molecular weight is 292 g/mol. The van der Waals surface area contributed by atoms with Crippen LogP contribution in [0, 0.1) is 6.92 Å². The summed E-state index contributed by atoms with van der Waals surface area (Å²) >= 11 is 3.38. The van der Waals surface area contributed by atoms with Crippen LogP contribution in [0.5, 0.6) is 0 Å². The minimum Gasteiger partial charge on any atom is -0.398 e. The molecule has 0 aromatic heterocycles. The maximum Gasteiger partial charge on any atom is 0.106 e. The lowest BCUT2D eigenvalue weighted by Gasteiger charge is -2.14. The Hall–Kier alpha value is -1.32. The number of nitrogen functional groups attached to an aromatic ring is 1. The van der Waals surface area contributed by atoms with Crippen LogP contribution < -0.4 is 5.73 Å². The van der Waals surface area contributed by atoms with Gasteiger partial charge in [0.1, 0.15) is 6.10 Å². The first-order valence-electron chi connectivity index (χ1n) is 5.37. The molecule has 3 N–H and O–H groups in total. The molecule has 88 valence electrons. The van der Waals surface area contributed by atoms with Gasteiger partial charge in [0.2, 0.25) is 0 Å². The lowest BCUT2D eigenvalue weighted by molar-refractivity contribution is 0.221. The van der Waals surface area contributed by atoms with Crippen LogP contribution in [-0.4, -0.2) is 5.11 Å². The van der Waals surface area contributed by atoms with Crippen molar-refractivity contribution < 1.29 is 5.11 Å². The van der Waals surface area contributed by atoms with E-state index >= 15 is 0 Å². The first-order valence-corrected chi connectivity index (χ1v) is 6.17. The summed E-state index contributed by atoms with van der Waals surface area (Å²) < 4.78 is 0.911. The molecule has 0 fully saturated rings. The second-order valence-electron chi connectivity index (χ2n) is 4.09. The number of benzene rings is 2. The molecule has 0 saturated carbocycles. The van der Waals surface area contributed by atoms with Crippen LogP contribution in [0.1, 0.15) is 22.8 Å². The summed E-state index contributed by atoms with van der Waals surface area (Å²) in [6, 6.07) is 13.3. The van der Waals surface area contributed by atoms with Gasteiger partial charge in [0, 0.05) is 15.7 Å². The second kappa shape index (κ2) is 4.90. The molecule has 17 heavy (non-hydrogen) atoms. The molecule has 0 saturated heterocycles. The number of aryl methyl sites for hydroxylation is 1. The summed E-state index contributed by atoms with van der Waals surface area (Å²) in [5.41, 5.74) is 9.19. The Kier molecular flexibility index (Phi) is 3.50. The largest absolute Gasteiger partial charge is 0.398 e. The van der Waals surface area contributed by atoms with E-state index in [9.17, 15) is 5.11 Å². The van der Waals surface area contributed by atoms with E-state index in [0.717, 1.165) is 21.2 Å². The van der Waals surface area contributed by atoms with Crippen LogP contribution in [0.4, 0.5) is 5.69 Å². The molecular formula is C14H14BrNO. The predicted octanol–water partition coefficient (Wildman–Crippen LogP) is 3.42. The summed E-state index contributed by atoms with van der Waals surface area (Å²) in [4.78, 5) is 0. The van der Waals surface area contributed by atoms with E-state index in [1.807, 2.05) is 43.3 Å². The third kappa shape index (κ3) is 2.68. The van der Waals surface area contributed by atoms with E-state index in [4.69, 9.17) is 5.73 Å². The quantitative estimate of drug-likeness (QED) is 0.833. The van der Waals surface area contributed by atoms with Crippen LogP contribution in [0.15, 0.2) is 46.9 Å². The second-order valence-corrected chi connectivity index (χ2v) is 5.01. The molecule has 1 atom stereocenters. The zero-order valence-electron chi connectivity index (χ0n) is 9.52. The van der Waals surface area contributed by atoms with Crippen LogP contribution in [-0.2, 0) is 0 Å². The van der Waals surface area contributed by atoms with Crippen molar-refractivity contribution in [3.63, 3.8) is 0 Å². The molecule has 0 spiro atoms. The molecule has 0 radical (unpaired) electrons. The number of aliphatic hydroxyl groups excluding tert-OH is 1. The normalized spacial score (nSPS) is 12.4. The number of rotatable bonds is 2. The summed E-state index contributed by atoms with van der Waals surface area (Å²) in [6.07, 6.45) is -0.688. The summed E-state index contributed by atoms with van der Waals surface area (Å²) in [5.74, 6) is 0. The Balaban J connectivity index is 2.43. The van der Waals surface area contributed by atoms with Crippen molar-refractivity contribution in [1.29, 1.82) is 0 Å². The molecule has 0 aliphatic heterocycles. The molecular weight excluding hydrogens is 278 g/mol. The summed E-state index contributed by atoms with van der Waals surface area (Å²) in [6.45, 7) is 2.00. The third-order valence-electron chi connectivity index (χ3n) is 2.70. The van der Waals surface area contributed by atoms with E-state index in [2.05, 4.69) is 15.9 Å². The minimum atomic E-state index is -0.688. The Morgan fingerprint density at radius 2 is 1.94 bits per heavy atom. The maximum atomic E-state index is 10.3. The predicted molar refractivity (Wildman–Crippen MR) is 73.8 cm³/mol. The van der Waals surface area contributed by atoms with Gasteiger partial charge in [0.15, 0.2) is 0 Å². The van der Waals surface area contributed by atoms with E-state index in [1.165, 1.54) is 0 Å². The van der Waals surface area contributed by atoms with Crippen LogP contribution >= 0.6 is 15.9 Å². The first-order chi connectivity index (χ1) is 8.08. The molecule has 1 unspecified atom stereocenters. The number of hydrogen-bond donors (Lipinski definition) is 2. The van der Waals surface area contributed by atoms with Crippen molar-refractivity contribution in [1.82, 2.24) is 0 Å². The van der Waals surface area contributed by atoms with Crippen molar-refractivity contribution in [2.45, 2.75) is 13.0 Å². The Morgan fingerprint density at radius 3 is 2.65 bits per heavy atom. The van der Waals surface area contributed by atoms with Gasteiger partial charge in [0.25, 0.3) is 0 Å². The van der Waals surface area contributed by atoms with Gasteiger partial charge in [-0.1, -0.05) is 45.8 Å². The van der Waals surface area contributed by atoms with Gasteiger partial charge in [-0.05, 0) is 30.7 Å². The summed E-state index contributed by atoms with van der Waals surface area (Å²) in [5, 5.41) is 10.3. The number of anilines is 1. The third-order valence-corrected chi connectivity index (χ3v) is 3.19. The maximum absolute atomic E-state index is 10.3. The van der Waals surface area contributed by atoms with Gasteiger partial charge in [-0.2, -0.15) is 0 Å². The van der Waals surface area contributed by atoms with Gasteiger partial charge in [-0.25, -0.2) is 0 Å². The van der Waals surface area contributed by atoms with Crippen LogP contribution in [0.2, 0.25) is 0 Å². The van der Waals surface area contributed by atoms with Crippen molar-refractivity contribution in [3.05, 3.63) is 63.6 Å². The molecule has 0 bridgehead atoms. The highest BCUT2D eigenvalue weighted by Gasteiger charge is 2.13. The van der Waals surface area contributed by atoms with Gasteiger partial charge in [-0.15, -0.1) is 0 Å². The van der Waals surface area contributed by atoms with Crippen molar-refractivity contribution in [3.8, 4) is 0 Å². The highest BCUT2D eigenvalue weighted by atomic mass is 79.9. The van der Waals surface area contributed by atoms with Crippen LogP contribution in [0.3, 0.4) is 0 Å². The highest BCUT2D eigenvalue weighted by Crippen LogP contribution is 2.29. The van der Waals surface area contributed by atoms with Gasteiger partial charge < -0.3 is 10.8 Å². The fourth-order valence-electron chi connectivity index (χ4n) is 1.80. The Morgan fingerprint density at radius 1 is 1.18 bits per heavy atom. The molecule has 2 aromatic carbocycles. The lowest BCUT2D eigenvalue weighted by Crippen LogP contribution is -2.04. The Bertz CT molecular complexity index is 539. The van der Waals surface area contributed by atoms with E-state index in [-0.39, 0.29) is 0 Å². The van der Waals surface area contributed by atoms with Crippen molar-refractivity contribution >= 4 is 21.6 Å². The van der Waals surface area contributed by atoms with Gasteiger partial charge in [0.05, 0.1) is 0 Å². The fraction of sp³-hybridized carbons (Fsp3) is 0.143. The van der Waals surface area contributed by atoms with E-state index in [1.54, 1.807) is 6.07 Å². The fourth-order valence-corrected chi connectivity index (χ4v) is 2.18. The number of halogens is 1. The first kappa shape index (κ1) is 12.1. The molecule has 3 heteroatoms. The molecule has 0 amide bonds. The Labute approximate surface area is 109 Å². The average Bonchev–Trinajstić information content (AvgIpc) is 2.31. The minimum absolute atomic E-state index is 0.599. The number of nitrogens with two attached hydrogens (primary N) is 1.